The van der Waals surface area contributed by atoms with Crippen molar-refractivity contribution in [3.8, 4) is 0 Å². The summed E-state index contributed by atoms with van der Waals surface area (Å²) >= 11 is 5.79. The maximum atomic E-state index is 11.2. The predicted molar refractivity (Wildman–Crippen MR) is 60.8 cm³/mol. The van der Waals surface area contributed by atoms with Gasteiger partial charge in [-0.3, -0.25) is 9.69 Å². The molecule has 3 nitrogen and oxygen atoms in total. The lowest BCUT2D eigenvalue weighted by atomic mass is 10.2. The lowest BCUT2D eigenvalue weighted by molar-refractivity contribution is -0.142. The highest BCUT2D eigenvalue weighted by Gasteiger charge is 2.24. The van der Waals surface area contributed by atoms with E-state index >= 15 is 0 Å². The smallest absolute Gasteiger partial charge is 0.319 e. The van der Waals surface area contributed by atoms with Gasteiger partial charge in [-0.15, -0.1) is 0 Å². The number of esters is 1. The van der Waals surface area contributed by atoms with Crippen LogP contribution in [0.1, 0.15) is 25.7 Å². The summed E-state index contributed by atoms with van der Waals surface area (Å²) in [4.78, 5) is 13.3. The monoisotopic (exact) mass is 231 g/mol. The summed E-state index contributed by atoms with van der Waals surface area (Å²) in [5.41, 5.74) is 0. The quantitative estimate of drug-likeness (QED) is 0.680. The van der Waals surface area contributed by atoms with E-state index in [4.69, 9.17) is 11.6 Å². The van der Waals surface area contributed by atoms with Crippen LogP contribution in [0.3, 0.4) is 0 Å². The Kier molecular flexibility index (Phi) is 5.12. The topological polar surface area (TPSA) is 29.5 Å². The fraction of sp³-hybridized carbons (Fsp3) is 0.727. The fourth-order valence-electron chi connectivity index (χ4n) is 2.03. The van der Waals surface area contributed by atoms with E-state index in [2.05, 4.69) is 16.2 Å². The molecule has 15 heavy (non-hydrogen) atoms. The Balaban J connectivity index is 2.51. The summed E-state index contributed by atoms with van der Waals surface area (Å²) in [6.45, 7) is 4.55. The van der Waals surface area contributed by atoms with Crippen LogP contribution < -0.4 is 0 Å². The molecule has 4 heteroatoms. The molecule has 86 valence electrons. The Morgan fingerprint density at radius 3 is 2.53 bits per heavy atom. The van der Waals surface area contributed by atoms with E-state index in [-0.39, 0.29) is 5.97 Å². The number of rotatable bonds is 5. The highest BCUT2D eigenvalue weighted by Crippen LogP contribution is 2.24. The summed E-state index contributed by atoms with van der Waals surface area (Å²) < 4.78 is 4.67. The number of ether oxygens (including phenoxy) is 1. The lowest BCUT2D eigenvalue weighted by Gasteiger charge is -2.26. The van der Waals surface area contributed by atoms with Gasteiger partial charge in [-0.25, -0.2) is 0 Å². The molecule has 0 saturated heterocycles. The van der Waals surface area contributed by atoms with Crippen LogP contribution in [0, 0.1) is 0 Å². The van der Waals surface area contributed by atoms with Crippen molar-refractivity contribution in [2.24, 2.45) is 0 Å². The first-order valence-corrected chi connectivity index (χ1v) is 5.65. The summed E-state index contributed by atoms with van der Waals surface area (Å²) in [5.74, 6) is -0.209. The van der Waals surface area contributed by atoms with Gasteiger partial charge in [0.05, 0.1) is 13.7 Å². The van der Waals surface area contributed by atoms with Gasteiger partial charge in [0.15, 0.2) is 0 Å². The van der Waals surface area contributed by atoms with Crippen LogP contribution in [0.5, 0.6) is 0 Å². The molecule has 0 aromatic rings. The Morgan fingerprint density at radius 2 is 2.07 bits per heavy atom. The predicted octanol–water partition coefficient (Wildman–Crippen LogP) is 2.16. The maximum Gasteiger partial charge on any atom is 0.319 e. The first-order valence-electron chi connectivity index (χ1n) is 5.27. The van der Waals surface area contributed by atoms with Crippen LogP contribution in [-0.4, -0.2) is 37.1 Å². The Hall–Kier alpha value is -0.540. The van der Waals surface area contributed by atoms with E-state index in [1.54, 1.807) is 0 Å². The van der Waals surface area contributed by atoms with Gasteiger partial charge < -0.3 is 4.74 Å². The zero-order chi connectivity index (χ0) is 11.3. The van der Waals surface area contributed by atoms with Crippen molar-refractivity contribution in [2.75, 3.05) is 20.2 Å². The lowest BCUT2D eigenvalue weighted by Crippen LogP contribution is -2.38. The second-order valence-corrected chi connectivity index (χ2v) is 4.47. The molecule has 0 heterocycles. The zero-order valence-corrected chi connectivity index (χ0v) is 9.92. The van der Waals surface area contributed by atoms with Gasteiger partial charge in [0.1, 0.15) is 0 Å². The summed E-state index contributed by atoms with van der Waals surface area (Å²) in [6, 6.07) is 0.458. The first kappa shape index (κ1) is 12.5. The molecule has 0 spiro atoms. The molecule has 0 radical (unpaired) electrons. The molecule has 1 aliphatic rings. The van der Waals surface area contributed by atoms with Crippen molar-refractivity contribution in [3.63, 3.8) is 0 Å². The largest absolute Gasteiger partial charge is 0.468 e. The van der Waals surface area contributed by atoms with Crippen LogP contribution in [0.2, 0.25) is 0 Å². The van der Waals surface area contributed by atoms with Crippen LogP contribution in [0.25, 0.3) is 0 Å². The highest BCUT2D eigenvalue weighted by molar-refractivity contribution is 6.29. The Bertz CT molecular complexity index is 237. The number of methoxy groups -OCH3 is 1. The molecule has 0 amide bonds. The van der Waals surface area contributed by atoms with Gasteiger partial charge in [-0.05, 0) is 12.8 Å². The van der Waals surface area contributed by atoms with Gasteiger partial charge in [-0.2, -0.15) is 0 Å². The molecule has 1 fully saturated rings. The van der Waals surface area contributed by atoms with Crippen molar-refractivity contribution >= 4 is 17.6 Å². The van der Waals surface area contributed by atoms with Crippen molar-refractivity contribution in [1.82, 2.24) is 4.90 Å². The van der Waals surface area contributed by atoms with E-state index in [9.17, 15) is 4.79 Å². The van der Waals surface area contributed by atoms with E-state index < -0.39 is 0 Å². The molecule has 1 aliphatic carbocycles. The Morgan fingerprint density at radius 1 is 1.47 bits per heavy atom. The zero-order valence-electron chi connectivity index (χ0n) is 9.17. The van der Waals surface area contributed by atoms with Gasteiger partial charge in [0.2, 0.25) is 0 Å². The van der Waals surface area contributed by atoms with Crippen molar-refractivity contribution in [1.29, 1.82) is 0 Å². The molecule has 0 aromatic heterocycles. The molecular weight excluding hydrogens is 214 g/mol. The van der Waals surface area contributed by atoms with E-state index in [0.29, 0.717) is 24.2 Å². The minimum absolute atomic E-state index is 0.209. The SMILES string of the molecule is C=C(Cl)CN(CC(=O)OC)C1CCCC1. The van der Waals surface area contributed by atoms with Gasteiger partial charge >= 0.3 is 5.97 Å². The third-order valence-electron chi connectivity index (χ3n) is 2.78. The average molecular weight is 232 g/mol. The van der Waals surface area contributed by atoms with Gasteiger partial charge in [-0.1, -0.05) is 31.0 Å². The standard InChI is InChI=1S/C11H18ClNO2/c1-9(12)7-13(8-11(14)15-2)10-5-3-4-6-10/h10H,1,3-8H2,2H3. The van der Waals surface area contributed by atoms with E-state index in [0.717, 1.165) is 12.8 Å². The Labute approximate surface area is 96.0 Å². The molecule has 0 aromatic carbocycles. The van der Waals surface area contributed by atoms with Crippen LogP contribution in [0.4, 0.5) is 0 Å². The van der Waals surface area contributed by atoms with Crippen molar-refractivity contribution in [2.45, 2.75) is 31.7 Å². The third-order valence-corrected chi connectivity index (χ3v) is 2.90. The van der Waals surface area contributed by atoms with Crippen LogP contribution >= 0.6 is 11.6 Å². The molecule has 0 atom stereocenters. The van der Waals surface area contributed by atoms with Crippen LogP contribution in [-0.2, 0) is 9.53 Å². The summed E-state index contributed by atoms with van der Waals surface area (Å²) in [6.07, 6.45) is 4.75. The highest BCUT2D eigenvalue weighted by atomic mass is 35.5. The van der Waals surface area contributed by atoms with E-state index in [1.807, 2.05) is 0 Å². The van der Waals surface area contributed by atoms with Crippen LogP contribution in [0.15, 0.2) is 11.6 Å². The van der Waals surface area contributed by atoms with Crippen molar-refractivity contribution in [3.05, 3.63) is 11.6 Å². The number of halogens is 1. The fourth-order valence-corrected chi connectivity index (χ4v) is 2.19. The summed E-state index contributed by atoms with van der Waals surface area (Å²) in [7, 11) is 1.41. The summed E-state index contributed by atoms with van der Waals surface area (Å²) in [5, 5.41) is 0.575. The number of carbonyl (C=O) groups excluding carboxylic acids is 1. The number of hydrogen-bond acceptors (Lipinski definition) is 3. The number of nitrogens with zero attached hydrogens (tertiary/aromatic N) is 1. The van der Waals surface area contributed by atoms with Gasteiger partial charge in [0.25, 0.3) is 0 Å². The second-order valence-electron chi connectivity index (χ2n) is 3.94. The average Bonchev–Trinajstić information content (AvgIpc) is 2.68. The minimum atomic E-state index is -0.209. The molecule has 0 N–H and O–H groups in total. The molecular formula is C11H18ClNO2. The molecule has 0 aliphatic heterocycles. The molecule has 0 unspecified atom stereocenters. The molecule has 1 saturated carbocycles. The number of carbonyl (C=O) groups is 1. The minimum Gasteiger partial charge on any atom is -0.468 e. The number of hydrogen-bond donors (Lipinski definition) is 0. The van der Waals surface area contributed by atoms with Gasteiger partial charge in [0, 0.05) is 17.6 Å². The molecule has 1 rings (SSSR count). The van der Waals surface area contributed by atoms with Crippen molar-refractivity contribution < 1.29 is 9.53 Å². The second kappa shape index (κ2) is 6.13. The normalized spacial score (nSPS) is 17.0. The third kappa shape index (κ3) is 4.22. The first-order chi connectivity index (χ1) is 7.13. The van der Waals surface area contributed by atoms with E-state index in [1.165, 1.54) is 20.0 Å². The maximum absolute atomic E-state index is 11.2. The molecule has 0 bridgehead atoms.